The number of likely N-dealkylation sites (tertiary alicyclic amines) is 1. The summed E-state index contributed by atoms with van der Waals surface area (Å²) in [6, 6.07) is 5.50. The van der Waals surface area contributed by atoms with Crippen LogP contribution in [-0.2, 0) is 7.05 Å². The van der Waals surface area contributed by atoms with Crippen molar-refractivity contribution in [3.05, 3.63) is 35.9 Å². The second kappa shape index (κ2) is 7.36. The van der Waals surface area contributed by atoms with Gasteiger partial charge < -0.3 is 23.5 Å². The molecule has 0 radical (unpaired) electrons. The highest BCUT2D eigenvalue weighted by atomic mass is 16.7. The predicted octanol–water partition coefficient (Wildman–Crippen LogP) is 2.23. The molecule has 10 nitrogen and oxygen atoms in total. The van der Waals surface area contributed by atoms with Gasteiger partial charge in [0, 0.05) is 31.9 Å². The molecule has 1 atom stereocenters. The molecular weight excluding hydrogens is 390 g/mol. The Morgan fingerprint density at radius 2 is 2.10 bits per heavy atom. The number of piperidine rings is 1. The summed E-state index contributed by atoms with van der Waals surface area (Å²) in [5, 5.41) is 12.6. The number of methoxy groups -OCH3 is 1. The lowest BCUT2D eigenvalue weighted by molar-refractivity contribution is 0.0695. The molecule has 156 valence electrons. The molecule has 3 aromatic rings. The SMILES string of the molecule is COc1nn(C)cc1C(=O)N1CCC[C@H](c2nnc(-c3ccc4c(c3)OCO4)o2)C1. The summed E-state index contributed by atoms with van der Waals surface area (Å²) >= 11 is 0. The quantitative estimate of drug-likeness (QED) is 0.644. The van der Waals surface area contributed by atoms with E-state index in [1.54, 1.807) is 22.8 Å². The summed E-state index contributed by atoms with van der Waals surface area (Å²) in [6.45, 7) is 1.37. The van der Waals surface area contributed by atoms with Crippen LogP contribution < -0.4 is 14.2 Å². The zero-order chi connectivity index (χ0) is 20.7. The molecule has 10 heteroatoms. The molecule has 0 bridgehead atoms. The fourth-order valence-electron chi connectivity index (χ4n) is 3.84. The van der Waals surface area contributed by atoms with Gasteiger partial charge in [0.2, 0.25) is 24.5 Å². The van der Waals surface area contributed by atoms with E-state index in [0.717, 1.165) is 18.4 Å². The van der Waals surface area contributed by atoms with Gasteiger partial charge in [-0.3, -0.25) is 9.48 Å². The maximum absolute atomic E-state index is 13.0. The number of hydrogen-bond donors (Lipinski definition) is 0. The lowest BCUT2D eigenvalue weighted by Crippen LogP contribution is -2.39. The summed E-state index contributed by atoms with van der Waals surface area (Å²) in [7, 11) is 3.27. The monoisotopic (exact) mass is 411 g/mol. The van der Waals surface area contributed by atoms with Crippen LogP contribution in [0.5, 0.6) is 17.4 Å². The molecule has 2 aromatic heterocycles. The molecule has 5 rings (SSSR count). The fourth-order valence-corrected chi connectivity index (χ4v) is 3.84. The van der Waals surface area contributed by atoms with E-state index in [9.17, 15) is 4.79 Å². The van der Waals surface area contributed by atoms with Crippen molar-refractivity contribution in [1.82, 2.24) is 24.9 Å². The maximum Gasteiger partial charge on any atom is 0.260 e. The normalized spacial score (nSPS) is 17.9. The standard InChI is InChI=1S/C20H21N5O5/c1-24-10-14(19(23-24)27-2)20(26)25-7-3-4-13(9-25)18-22-21-17(30-18)12-5-6-15-16(8-12)29-11-28-15/h5-6,8,10,13H,3-4,7,9,11H2,1-2H3/t13-/m0/s1. The second-order valence-electron chi connectivity index (χ2n) is 7.33. The van der Waals surface area contributed by atoms with Crippen LogP contribution in [0, 0.1) is 0 Å². The first-order valence-corrected chi connectivity index (χ1v) is 9.72. The number of amides is 1. The van der Waals surface area contributed by atoms with Crippen LogP contribution in [0.3, 0.4) is 0 Å². The molecular formula is C20H21N5O5. The predicted molar refractivity (Wildman–Crippen MR) is 103 cm³/mol. The number of hydrogen-bond acceptors (Lipinski definition) is 8. The van der Waals surface area contributed by atoms with Gasteiger partial charge in [-0.05, 0) is 31.0 Å². The Morgan fingerprint density at radius 3 is 2.97 bits per heavy atom. The third-order valence-corrected chi connectivity index (χ3v) is 5.34. The highest BCUT2D eigenvalue weighted by Gasteiger charge is 2.31. The van der Waals surface area contributed by atoms with E-state index in [4.69, 9.17) is 18.6 Å². The van der Waals surface area contributed by atoms with Gasteiger partial charge in [0.1, 0.15) is 5.56 Å². The van der Waals surface area contributed by atoms with Crippen molar-refractivity contribution in [1.29, 1.82) is 0 Å². The van der Waals surface area contributed by atoms with Gasteiger partial charge in [0.15, 0.2) is 11.5 Å². The molecule has 1 amide bonds. The third-order valence-electron chi connectivity index (χ3n) is 5.34. The van der Waals surface area contributed by atoms with E-state index in [1.807, 2.05) is 18.2 Å². The van der Waals surface area contributed by atoms with Crippen molar-refractivity contribution < 1.29 is 23.4 Å². The van der Waals surface area contributed by atoms with Gasteiger partial charge in [-0.2, -0.15) is 0 Å². The van der Waals surface area contributed by atoms with Gasteiger partial charge >= 0.3 is 0 Å². The Morgan fingerprint density at radius 1 is 1.23 bits per heavy atom. The van der Waals surface area contributed by atoms with Gasteiger partial charge in [0.05, 0.1) is 13.0 Å². The first kappa shape index (κ1) is 18.5. The Hall–Kier alpha value is -3.56. The van der Waals surface area contributed by atoms with Crippen LogP contribution in [0.15, 0.2) is 28.8 Å². The first-order chi connectivity index (χ1) is 14.6. The summed E-state index contributed by atoms with van der Waals surface area (Å²) < 4.78 is 23.5. The highest BCUT2D eigenvalue weighted by Crippen LogP contribution is 2.36. The molecule has 1 aromatic carbocycles. The average Bonchev–Trinajstić information content (AvgIpc) is 3.51. The molecule has 1 saturated heterocycles. The van der Waals surface area contributed by atoms with Crippen LogP contribution in [0.1, 0.15) is 35.0 Å². The Kier molecular flexibility index (Phi) is 4.53. The van der Waals surface area contributed by atoms with Gasteiger partial charge in [0.25, 0.3) is 5.91 Å². The van der Waals surface area contributed by atoms with E-state index < -0.39 is 0 Å². The average molecular weight is 411 g/mol. The zero-order valence-corrected chi connectivity index (χ0v) is 16.7. The topological polar surface area (TPSA) is 105 Å². The molecule has 0 unspecified atom stereocenters. The van der Waals surface area contributed by atoms with Crippen LogP contribution >= 0.6 is 0 Å². The Bertz CT molecular complexity index is 1090. The van der Waals surface area contributed by atoms with E-state index >= 15 is 0 Å². The van der Waals surface area contributed by atoms with Crippen molar-refractivity contribution in [3.8, 4) is 28.8 Å². The molecule has 2 aliphatic heterocycles. The summed E-state index contributed by atoms with van der Waals surface area (Å²) in [4.78, 5) is 14.8. The summed E-state index contributed by atoms with van der Waals surface area (Å²) in [5.41, 5.74) is 1.22. The van der Waals surface area contributed by atoms with Gasteiger partial charge in [-0.15, -0.1) is 15.3 Å². The molecule has 30 heavy (non-hydrogen) atoms. The minimum atomic E-state index is -0.111. The van der Waals surface area contributed by atoms with Crippen LogP contribution in [-0.4, -0.2) is 57.8 Å². The van der Waals surface area contributed by atoms with Gasteiger partial charge in [-0.1, -0.05) is 0 Å². The van der Waals surface area contributed by atoms with Crippen molar-refractivity contribution in [3.63, 3.8) is 0 Å². The summed E-state index contributed by atoms with van der Waals surface area (Å²) in [5.74, 6) is 2.49. The van der Waals surface area contributed by atoms with E-state index in [2.05, 4.69) is 15.3 Å². The van der Waals surface area contributed by atoms with E-state index in [-0.39, 0.29) is 18.6 Å². The fraction of sp³-hybridized carbons (Fsp3) is 0.400. The van der Waals surface area contributed by atoms with Crippen LogP contribution in [0.4, 0.5) is 0 Å². The number of benzene rings is 1. The number of ether oxygens (including phenoxy) is 3. The zero-order valence-electron chi connectivity index (χ0n) is 16.7. The second-order valence-corrected chi connectivity index (χ2v) is 7.33. The van der Waals surface area contributed by atoms with Crippen molar-refractivity contribution in [2.45, 2.75) is 18.8 Å². The Balaban J connectivity index is 1.33. The number of carbonyl (C=O) groups is 1. The Labute approximate surface area is 172 Å². The minimum Gasteiger partial charge on any atom is -0.479 e. The number of aromatic nitrogens is 4. The number of nitrogens with zero attached hydrogens (tertiary/aromatic N) is 5. The lowest BCUT2D eigenvalue weighted by atomic mass is 9.97. The third kappa shape index (κ3) is 3.23. The minimum absolute atomic E-state index is 0.0272. The van der Waals surface area contributed by atoms with Crippen molar-refractivity contribution in [2.75, 3.05) is 27.0 Å². The number of fused-ring (bicyclic) bond motifs is 1. The summed E-state index contributed by atoms with van der Waals surface area (Å²) in [6.07, 6.45) is 3.40. The smallest absolute Gasteiger partial charge is 0.260 e. The maximum atomic E-state index is 13.0. The molecule has 0 spiro atoms. The molecule has 0 saturated carbocycles. The number of carbonyl (C=O) groups excluding carboxylic acids is 1. The van der Waals surface area contributed by atoms with Crippen molar-refractivity contribution >= 4 is 5.91 Å². The van der Waals surface area contributed by atoms with Crippen molar-refractivity contribution in [2.24, 2.45) is 7.05 Å². The van der Waals surface area contributed by atoms with Gasteiger partial charge in [-0.25, -0.2) is 0 Å². The number of aryl methyl sites for hydroxylation is 1. The molecule has 0 aliphatic carbocycles. The van der Waals surface area contributed by atoms with Crippen LogP contribution in [0.25, 0.3) is 11.5 Å². The van der Waals surface area contributed by atoms with E-state index in [0.29, 0.717) is 47.8 Å². The largest absolute Gasteiger partial charge is 0.479 e. The first-order valence-electron chi connectivity index (χ1n) is 9.72. The van der Waals surface area contributed by atoms with E-state index in [1.165, 1.54) is 7.11 Å². The molecule has 0 N–H and O–H groups in total. The van der Waals surface area contributed by atoms with Crippen LogP contribution in [0.2, 0.25) is 0 Å². The molecule has 4 heterocycles. The molecule has 1 fully saturated rings. The number of rotatable bonds is 4. The lowest BCUT2D eigenvalue weighted by Gasteiger charge is -2.30. The highest BCUT2D eigenvalue weighted by molar-refractivity contribution is 5.96. The molecule has 2 aliphatic rings.